The van der Waals surface area contributed by atoms with Crippen LogP contribution in [0.25, 0.3) is 0 Å². The summed E-state index contributed by atoms with van der Waals surface area (Å²) < 4.78 is 5.25. The van der Waals surface area contributed by atoms with Crippen LogP contribution in [0.5, 0.6) is 0 Å². The second-order valence-electron chi connectivity index (χ2n) is 2.95. The van der Waals surface area contributed by atoms with Gasteiger partial charge in [0.05, 0.1) is 6.10 Å². The van der Waals surface area contributed by atoms with Gasteiger partial charge in [0.25, 0.3) is 0 Å². The van der Waals surface area contributed by atoms with Gasteiger partial charge >= 0.3 is 0 Å². The summed E-state index contributed by atoms with van der Waals surface area (Å²) in [6.45, 7) is 11.6. The molecule has 1 fully saturated rings. The lowest BCUT2D eigenvalue weighted by Gasteiger charge is -2.16. The molecule has 1 aliphatic heterocycles. The van der Waals surface area contributed by atoms with E-state index in [-0.39, 0.29) is 0 Å². The average molecular weight is 198 g/mol. The van der Waals surface area contributed by atoms with Crippen LogP contribution >= 0.6 is 0 Å². The number of amidine groups is 1. The van der Waals surface area contributed by atoms with Crippen LogP contribution in [-0.2, 0) is 4.74 Å². The van der Waals surface area contributed by atoms with Crippen molar-refractivity contribution in [3.8, 4) is 0 Å². The third kappa shape index (κ3) is 3.92. The Hall–Kier alpha value is -0.830. The monoisotopic (exact) mass is 198 g/mol. The molecule has 0 N–H and O–H groups in total. The SMILES string of the molecule is C=CN=C(C)N1CC[C@@H](OC)C1.CC. The normalized spacial score (nSPS) is 21.6. The van der Waals surface area contributed by atoms with Gasteiger partial charge in [-0.3, -0.25) is 0 Å². The van der Waals surface area contributed by atoms with Gasteiger partial charge in [-0.2, -0.15) is 0 Å². The topological polar surface area (TPSA) is 24.8 Å². The van der Waals surface area contributed by atoms with E-state index < -0.39 is 0 Å². The lowest BCUT2D eigenvalue weighted by molar-refractivity contribution is 0.114. The summed E-state index contributed by atoms with van der Waals surface area (Å²) in [5.74, 6) is 1.03. The number of methoxy groups -OCH3 is 1. The van der Waals surface area contributed by atoms with Crippen molar-refractivity contribution in [1.29, 1.82) is 0 Å². The van der Waals surface area contributed by atoms with Crippen LogP contribution in [0.15, 0.2) is 17.8 Å². The fourth-order valence-electron chi connectivity index (χ4n) is 1.43. The van der Waals surface area contributed by atoms with Gasteiger partial charge in [-0.1, -0.05) is 20.4 Å². The highest BCUT2D eigenvalue weighted by atomic mass is 16.5. The average Bonchev–Trinajstić information content (AvgIpc) is 2.69. The molecule has 0 amide bonds. The van der Waals surface area contributed by atoms with E-state index in [0.717, 1.165) is 25.3 Å². The lowest BCUT2D eigenvalue weighted by atomic mass is 10.3. The summed E-state index contributed by atoms with van der Waals surface area (Å²) in [6, 6.07) is 0. The molecule has 3 heteroatoms. The predicted molar refractivity (Wildman–Crippen MR) is 61.6 cm³/mol. The van der Waals surface area contributed by atoms with Gasteiger partial charge < -0.3 is 9.64 Å². The third-order valence-corrected chi connectivity index (χ3v) is 2.21. The van der Waals surface area contributed by atoms with Crippen molar-refractivity contribution in [3.05, 3.63) is 12.8 Å². The van der Waals surface area contributed by atoms with Crippen molar-refractivity contribution in [2.75, 3.05) is 20.2 Å². The summed E-state index contributed by atoms with van der Waals surface area (Å²) in [4.78, 5) is 6.34. The van der Waals surface area contributed by atoms with Crippen LogP contribution in [-0.4, -0.2) is 37.0 Å². The van der Waals surface area contributed by atoms with E-state index in [2.05, 4.69) is 16.5 Å². The van der Waals surface area contributed by atoms with Gasteiger partial charge in [-0.25, -0.2) is 4.99 Å². The summed E-state index contributed by atoms with van der Waals surface area (Å²) in [6.07, 6.45) is 3.05. The van der Waals surface area contributed by atoms with Crippen molar-refractivity contribution < 1.29 is 4.74 Å². The van der Waals surface area contributed by atoms with Gasteiger partial charge in [0.15, 0.2) is 0 Å². The summed E-state index contributed by atoms with van der Waals surface area (Å²) in [5, 5.41) is 0. The number of nitrogens with zero attached hydrogens (tertiary/aromatic N) is 2. The number of aliphatic imine (C=N–C) groups is 1. The van der Waals surface area contributed by atoms with Crippen LogP contribution in [0.3, 0.4) is 0 Å². The van der Waals surface area contributed by atoms with Crippen LogP contribution < -0.4 is 0 Å². The maximum atomic E-state index is 5.25. The smallest absolute Gasteiger partial charge is 0.101 e. The first-order valence-corrected chi connectivity index (χ1v) is 5.21. The van der Waals surface area contributed by atoms with Crippen LogP contribution in [0, 0.1) is 0 Å². The molecule has 3 nitrogen and oxygen atoms in total. The molecule has 82 valence electrons. The molecule has 1 aliphatic rings. The van der Waals surface area contributed by atoms with Crippen molar-refractivity contribution >= 4 is 5.84 Å². The van der Waals surface area contributed by atoms with E-state index >= 15 is 0 Å². The van der Waals surface area contributed by atoms with Gasteiger partial charge in [0, 0.05) is 26.4 Å². The Balaban J connectivity index is 0.000000791. The van der Waals surface area contributed by atoms with Crippen LogP contribution in [0.1, 0.15) is 27.2 Å². The van der Waals surface area contributed by atoms with Gasteiger partial charge in [0.2, 0.25) is 0 Å². The highest BCUT2D eigenvalue weighted by molar-refractivity contribution is 5.80. The van der Waals surface area contributed by atoms with E-state index in [1.165, 1.54) is 0 Å². The molecular formula is C11H22N2O. The fraction of sp³-hybridized carbons (Fsp3) is 0.727. The molecule has 0 aromatic rings. The Labute approximate surface area is 87.5 Å². The lowest BCUT2D eigenvalue weighted by Crippen LogP contribution is -2.27. The molecular weight excluding hydrogens is 176 g/mol. The zero-order valence-electron chi connectivity index (χ0n) is 9.79. The minimum absolute atomic E-state index is 0.375. The highest BCUT2D eigenvalue weighted by Gasteiger charge is 2.22. The second-order valence-corrected chi connectivity index (χ2v) is 2.95. The molecule has 1 saturated heterocycles. The molecule has 0 unspecified atom stereocenters. The molecule has 1 atom stereocenters. The Morgan fingerprint density at radius 3 is 2.64 bits per heavy atom. The minimum atomic E-state index is 0.375. The largest absolute Gasteiger partial charge is 0.380 e. The Morgan fingerprint density at radius 2 is 2.21 bits per heavy atom. The molecule has 1 rings (SSSR count). The molecule has 0 spiro atoms. The van der Waals surface area contributed by atoms with E-state index in [4.69, 9.17) is 4.74 Å². The first-order chi connectivity index (χ1) is 6.77. The minimum Gasteiger partial charge on any atom is -0.380 e. The van der Waals surface area contributed by atoms with Crippen molar-refractivity contribution in [1.82, 2.24) is 4.90 Å². The quantitative estimate of drug-likeness (QED) is 0.502. The highest BCUT2D eigenvalue weighted by Crippen LogP contribution is 2.12. The molecule has 0 radical (unpaired) electrons. The number of rotatable bonds is 2. The molecule has 0 saturated carbocycles. The van der Waals surface area contributed by atoms with E-state index in [0.29, 0.717) is 6.10 Å². The number of hydrogen-bond donors (Lipinski definition) is 0. The zero-order chi connectivity index (χ0) is 11.0. The van der Waals surface area contributed by atoms with Gasteiger partial charge in [0.1, 0.15) is 5.84 Å². The Morgan fingerprint density at radius 1 is 1.57 bits per heavy atom. The predicted octanol–water partition coefficient (Wildman–Crippen LogP) is 2.30. The van der Waals surface area contributed by atoms with Gasteiger partial charge in [-0.05, 0) is 13.3 Å². The van der Waals surface area contributed by atoms with Crippen molar-refractivity contribution in [2.45, 2.75) is 33.3 Å². The van der Waals surface area contributed by atoms with E-state index in [1.54, 1.807) is 13.3 Å². The molecule has 0 aromatic heterocycles. The van der Waals surface area contributed by atoms with Crippen molar-refractivity contribution in [2.24, 2.45) is 4.99 Å². The van der Waals surface area contributed by atoms with E-state index in [9.17, 15) is 0 Å². The summed E-state index contributed by atoms with van der Waals surface area (Å²) in [5.41, 5.74) is 0. The molecule has 0 aliphatic carbocycles. The fourth-order valence-corrected chi connectivity index (χ4v) is 1.43. The van der Waals surface area contributed by atoms with Gasteiger partial charge in [-0.15, -0.1) is 0 Å². The molecule has 1 heterocycles. The maximum absolute atomic E-state index is 5.25. The molecule has 0 aromatic carbocycles. The number of ether oxygens (including phenoxy) is 1. The molecule has 14 heavy (non-hydrogen) atoms. The zero-order valence-corrected chi connectivity index (χ0v) is 9.79. The van der Waals surface area contributed by atoms with E-state index in [1.807, 2.05) is 20.8 Å². The first kappa shape index (κ1) is 13.2. The Kier molecular flexibility index (Phi) is 7.11. The second kappa shape index (κ2) is 7.56. The Bertz CT molecular complexity index is 190. The van der Waals surface area contributed by atoms with Crippen LogP contribution in [0.2, 0.25) is 0 Å². The first-order valence-electron chi connectivity index (χ1n) is 5.21. The number of likely N-dealkylation sites (tertiary alicyclic amines) is 1. The maximum Gasteiger partial charge on any atom is 0.101 e. The molecule has 0 bridgehead atoms. The summed E-state index contributed by atoms with van der Waals surface area (Å²) in [7, 11) is 1.76. The standard InChI is InChI=1S/C9H16N2O.C2H6/c1-4-10-8(2)11-6-5-9(7-11)12-3;1-2/h4,9H,1,5-7H2,2-3H3;1-2H3/t9-;/m1./s1. The van der Waals surface area contributed by atoms with Crippen molar-refractivity contribution in [3.63, 3.8) is 0 Å². The third-order valence-electron chi connectivity index (χ3n) is 2.21. The summed E-state index contributed by atoms with van der Waals surface area (Å²) >= 11 is 0. The van der Waals surface area contributed by atoms with Crippen LogP contribution in [0.4, 0.5) is 0 Å². The number of hydrogen-bond acceptors (Lipinski definition) is 2.